The van der Waals surface area contributed by atoms with Crippen LogP contribution in [-0.4, -0.2) is 22.7 Å². The summed E-state index contributed by atoms with van der Waals surface area (Å²) in [6.07, 6.45) is 3.44. The lowest BCUT2D eigenvalue weighted by molar-refractivity contribution is 0.109. The van der Waals surface area contributed by atoms with Crippen molar-refractivity contribution in [2.45, 2.75) is 37.2 Å². The largest absolute Gasteiger partial charge is 0.399 e. The summed E-state index contributed by atoms with van der Waals surface area (Å²) in [5.41, 5.74) is 7.49. The molecule has 1 aliphatic heterocycles. The van der Waals surface area contributed by atoms with Crippen LogP contribution < -0.4 is 5.73 Å². The number of benzene rings is 1. The molecule has 17 heavy (non-hydrogen) atoms. The lowest BCUT2D eigenvalue weighted by Gasteiger charge is -2.09. The van der Waals surface area contributed by atoms with Gasteiger partial charge in [0.25, 0.3) is 0 Å². The third kappa shape index (κ3) is 3.30. The maximum absolute atomic E-state index is 12.1. The normalized spacial score (nSPS) is 21.6. The molecule has 0 saturated carbocycles. The van der Waals surface area contributed by atoms with Crippen LogP contribution in [0, 0.1) is 6.92 Å². The number of anilines is 1. The minimum absolute atomic E-state index is 0.314. The van der Waals surface area contributed by atoms with Crippen LogP contribution in [-0.2, 0) is 15.5 Å². The second-order valence-corrected chi connectivity index (χ2v) is 6.06. The van der Waals surface area contributed by atoms with Crippen molar-refractivity contribution in [2.75, 3.05) is 18.1 Å². The maximum Gasteiger partial charge on any atom is 0.0584 e. The molecule has 1 saturated heterocycles. The summed E-state index contributed by atoms with van der Waals surface area (Å²) >= 11 is 0. The summed E-state index contributed by atoms with van der Waals surface area (Å²) in [7, 11) is -0.934. The molecule has 0 spiro atoms. The summed E-state index contributed by atoms with van der Waals surface area (Å²) in [6, 6.07) is 5.60. The highest BCUT2D eigenvalue weighted by molar-refractivity contribution is 7.85. The van der Waals surface area contributed by atoms with Crippen LogP contribution in [0.1, 0.15) is 24.8 Å². The summed E-state index contributed by atoms with van der Waals surface area (Å²) in [5.74, 6) is 0.675. The predicted molar refractivity (Wildman–Crippen MR) is 70.5 cm³/mol. The molecular formula is C13H19NO2S. The minimum atomic E-state index is -0.934. The van der Waals surface area contributed by atoms with Gasteiger partial charge in [0.05, 0.1) is 16.9 Å². The minimum Gasteiger partial charge on any atom is -0.399 e. The number of aryl methyl sites for hydroxylation is 1. The molecule has 2 atom stereocenters. The topological polar surface area (TPSA) is 52.3 Å². The van der Waals surface area contributed by atoms with E-state index in [0.29, 0.717) is 11.9 Å². The highest BCUT2D eigenvalue weighted by Gasteiger charge is 2.16. The van der Waals surface area contributed by atoms with E-state index < -0.39 is 10.8 Å². The van der Waals surface area contributed by atoms with Gasteiger partial charge < -0.3 is 10.5 Å². The first kappa shape index (κ1) is 12.6. The molecular weight excluding hydrogens is 234 g/mol. The molecule has 3 nitrogen and oxygen atoms in total. The van der Waals surface area contributed by atoms with Crippen molar-refractivity contribution < 1.29 is 8.95 Å². The Morgan fingerprint density at radius 2 is 2.35 bits per heavy atom. The summed E-state index contributed by atoms with van der Waals surface area (Å²) in [5, 5.41) is 0. The maximum atomic E-state index is 12.1. The lowest BCUT2D eigenvalue weighted by Crippen LogP contribution is -2.10. The average molecular weight is 253 g/mol. The number of nitrogen functional groups attached to an aromatic ring is 1. The highest BCUT2D eigenvalue weighted by Crippen LogP contribution is 2.19. The first-order valence-electron chi connectivity index (χ1n) is 6.03. The number of ether oxygens (including phenoxy) is 1. The zero-order valence-electron chi connectivity index (χ0n) is 10.1. The van der Waals surface area contributed by atoms with E-state index in [-0.39, 0.29) is 0 Å². The van der Waals surface area contributed by atoms with Crippen molar-refractivity contribution in [3.05, 3.63) is 23.8 Å². The molecule has 4 heteroatoms. The Balaban J connectivity index is 1.92. The monoisotopic (exact) mass is 253 g/mol. The standard InChI is InChI=1S/C13H19NO2S/c1-10-9-12(4-5-13(10)14)17(15)8-6-11-3-2-7-16-11/h4-5,9,11H,2-3,6-8,14H2,1H3. The molecule has 0 aromatic heterocycles. The molecule has 0 aliphatic carbocycles. The molecule has 0 radical (unpaired) electrons. The molecule has 94 valence electrons. The quantitative estimate of drug-likeness (QED) is 0.837. The van der Waals surface area contributed by atoms with Gasteiger partial charge in [-0.2, -0.15) is 0 Å². The summed E-state index contributed by atoms with van der Waals surface area (Å²) < 4.78 is 17.6. The van der Waals surface area contributed by atoms with Crippen LogP contribution in [0.25, 0.3) is 0 Å². The Labute approximate surface area is 105 Å². The fourth-order valence-corrected chi connectivity index (χ4v) is 3.26. The Bertz CT molecular complexity index is 414. The Morgan fingerprint density at radius 1 is 1.53 bits per heavy atom. The fourth-order valence-electron chi connectivity index (χ4n) is 2.02. The van der Waals surface area contributed by atoms with E-state index in [1.165, 1.54) is 0 Å². The van der Waals surface area contributed by atoms with Gasteiger partial charge >= 0.3 is 0 Å². The van der Waals surface area contributed by atoms with Crippen molar-refractivity contribution in [3.63, 3.8) is 0 Å². The van der Waals surface area contributed by atoms with E-state index >= 15 is 0 Å². The zero-order chi connectivity index (χ0) is 12.3. The smallest absolute Gasteiger partial charge is 0.0584 e. The fraction of sp³-hybridized carbons (Fsp3) is 0.538. The molecule has 2 N–H and O–H groups in total. The number of hydrogen-bond donors (Lipinski definition) is 1. The zero-order valence-corrected chi connectivity index (χ0v) is 11.0. The van der Waals surface area contributed by atoms with Crippen LogP contribution in [0.2, 0.25) is 0 Å². The number of nitrogens with two attached hydrogens (primary N) is 1. The van der Waals surface area contributed by atoms with Gasteiger partial charge in [-0.05, 0) is 49.9 Å². The Hall–Kier alpha value is -0.870. The number of hydrogen-bond acceptors (Lipinski definition) is 3. The van der Waals surface area contributed by atoms with E-state index in [0.717, 1.165) is 42.0 Å². The van der Waals surface area contributed by atoms with Gasteiger partial charge in [0.15, 0.2) is 0 Å². The van der Waals surface area contributed by atoms with Gasteiger partial charge in [-0.15, -0.1) is 0 Å². The van der Waals surface area contributed by atoms with Gasteiger partial charge in [-0.1, -0.05) is 0 Å². The molecule has 1 aromatic carbocycles. The van der Waals surface area contributed by atoms with Gasteiger partial charge in [-0.25, -0.2) is 0 Å². The first-order valence-corrected chi connectivity index (χ1v) is 7.35. The van der Waals surface area contributed by atoms with E-state index in [1.807, 2.05) is 25.1 Å². The highest BCUT2D eigenvalue weighted by atomic mass is 32.2. The van der Waals surface area contributed by atoms with Crippen LogP contribution in [0.15, 0.2) is 23.1 Å². The second kappa shape index (κ2) is 5.65. The van der Waals surface area contributed by atoms with Gasteiger partial charge in [0.2, 0.25) is 0 Å². The molecule has 1 aromatic rings. The van der Waals surface area contributed by atoms with Crippen LogP contribution in [0.3, 0.4) is 0 Å². The van der Waals surface area contributed by atoms with E-state index in [9.17, 15) is 4.21 Å². The van der Waals surface area contributed by atoms with Crippen LogP contribution in [0.4, 0.5) is 5.69 Å². The van der Waals surface area contributed by atoms with Crippen molar-refractivity contribution in [1.29, 1.82) is 0 Å². The van der Waals surface area contributed by atoms with E-state index in [1.54, 1.807) is 0 Å². The molecule has 0 amide bonds. The molecule has 1 fully saturated rings. The Morgan fingerprint density at radius 3 is 3.00 bits per heavy atom. The molecule has 1 aliphatic rings. The van der Waals surface area contributed by atoms with Gasteiger partial charge in [-0.3, -0.25) is 4.21 Å². The van der Waals surface area contributed by atoms with Crippen LogP contribution >= 0.6 is 0 Å². The van der Waals surface area contributed by atoms with E-state index in [4.69, 9.17) is 10.5 Å². The molecule has 2 unspecified atom stereocenters. The summed E-state index contributed by atoms with van der Waals surface area (Å²) in [6.45, 7) is 2.80. The number of rotatable bonds is 4. The lowest BCUT2D eigenvalue weighted by atomic mass is 10.2. The van der Waals surface area contributed by atoms with Gasteiger partial charge in [0, 0.05) is 22.9 Å². The molecule has 1 heterocycles. The summed E-state index contributed by atoms with van der Waals surface area (Å²) in [4.78, 5) is 0.870. The first-order chi connectivity index (χ1) is 8.16. The third-order valence-electron chi connectivity index (χ3n) is 3.15. The predicted octanol–water partition coefficient (Wildman–Crippen LogP) is 2.25. The Kier molecular flexibility index (Phi) is 4.18. The SMILES string of the molecule is Cc1cc(S(=O)CCC2CCCO2)ccc1N. The van der Waals surface area contributed by atoms with Crippen molar-refractivity contribution >= 4 is 16.5 Å². The van der Waals surface area contributed by atoms with Crippen LogP contribution in [0.5, 0.6) is 0 Å². The van der Waals surface area contributed by atoms with Crippen molar-refractivity contribution in [1.82, 2.24) is 0 Å². The van der Waals surface area contributed by atoms with Crippen molar-refractivity contribution in [3.8, 4) is 0 Å². The van der Waals surface area contributed by atoms with Crippen molar-refractivity contribution in [2.24, 2.45) is 0 Å². The van der Waals surface area contributed by atoms with E-state index in [2.05, 4.69) is 0 Å². The third-order valence-corrected chi connectivity index (χ3v) is 4.54. The molecule has 0 bridgehead atoms. The second-order valence-electron chi connectivity index (χ2n) is 4.49. The molecule has 2 rings (SSSR count). The van der Waals surface area contributed by atoms with Gasteiger partial charge in [0.1, 0.15) is 0 Å². The average Bonchev–Trinajstić information content (AvgIpc) is 2.82.